The Balaban J connectivity index is 1.32. The summed E-state index contributed by atoms with van der Waals surface area (Å²) in [5, 5.41) is 6.34. The van der Waals surface area contributed by atoms with Crippen molar-refractivity contribution in [2.24, 2.45) is 5.92 Å². The average molecular weight is 345 g/mol. The number of carbonyl (C=O) groups is 1. The number of nitrogens with one attached hydrogen (secondary N) is 2. The number of rotatable bonds is 6. The maximum Gasteiger partial charge on any atom is 0.223 e. The lowest BCUT2D eigenvalue weighted by Gasteiger charge is -2.38. The van der Waals surface area contributed by atoms with Crippen molar-refractivity contribution < 1.29 is 4.79 Å². The van der Waals surface area contributed by atoms with Crippen LogP contribution in [-0.4, -0.2) is 48.0 Å². The molecule has 1 saturated heterocycles. The SMILES string of the molecule is Cc1ccnc(NCCNC(=O)C2CCN(C3CCCCC3)CC2)c1. The fraction of sp³-hybridized carbons (Fsp3) is 0.700. The normalized spacial score (nSPS) is 20.4. The number of likely N-dealkylation sites (tertiary alicyclic amines) is 1. The molecule has 3 rings (SSSR count). The number of pyridine rings is 1. The largest absolute Gasteiger partial charge is 0.368 e. The van der Waals surface area contributed by atoms with Crippen LogP contribution < -0.4 is 10.6 Å². The van der Waals surface area contributed by atoms with E-state index in [1.165, 1.54) is 37.7 Å². The summed E-state index contributed by atoms with van der Waals surface area (Å²) >= 11 is 0. The van der Waals surface area contributed by atoms with Gasteiger partial charge in [0.05, 0.1) is 0 Å². The van der Waals surface area contributed by atoms with Crippen molar-refractivity contribution in [1.82, 2.24) is 15.2 Å². The smallest absolute Gasteiger partial charge is 0.223 e. The standard InChI is InChI=1S/C20H32N4O/c1-16-7-10-21-19(15-16)22-11-12-23-20(25)17-8-13-24(14-9-17)18-5-3-2-4-6-18/h7,10,15,17-18H,2-6,8-9,11-14H2,1H3,(H,21,22)(H,23,25). The highest BCUT2D eigenvalue weighted by Crippen LogP contribution is 2.27. The van der Waals surface area contributed by atoms with Gasteiger partial charge in [0.1, 0.15) is 5.82 Å². The van der Waals surface area contributed by atoms with Gasteiger partial charge in [0.15, 0.2) is 0 Å². The molecule has 1 amide bonds. The Labute approximate surface area is 151 Å². The van der Waals surface area contributed by atoms with E-state index in [0.29, 0.717) is 13.1 Å². The van der Waals surface area contributed by atoms with Crippen LogP contribution in [0.4, 0.5) is 5.82 Å². The summed E-state index contributed by atoms with van der Waals surface area (Å²) < 4.78 is 0. The Bertz CT molecular complexity index is 548. The van der Waals surface area contributed by atoms with E-state index >= 15 is 0 Å². The van der Waals surface area contributed by atoms with Gasteiger partial charge in [-0.25, -0.2) is 4.98 Å². The van der Waals surface area contributed by atoms with Gasteiger partial charge in [0.25, 0.3) is 0 Å². The highest BCUT2D eigenvalue weighted by Gasteiger charge is 2.29. The van der Waals surface area contributed by atoms with Gasteiger partial charge in [0, 0.05) is 31.2 Å². The molecule has 1 aromatic rings. The van der Waals surface area contributed by atoms with Gasteiger partial charge in [0.2, 0.25) is 5.91 Å². The monoisotopic (exact) mass is 344 g/mol. The third-order valence-electron chi connectivity index (χ3n) is 5.64. The lowest BCUT2D eigenvalue weighted by molar-refractivity contribution is -0.126. The second-order valence-electron chi connectivity index (χ2n) is 7.54. The highest BCUT2D eigenvalue weighted by molar-refractivity contribution is 5.78. The maximum absolute atomic E-state index is 12.4. The van der Waals surface area contributed by atoms with E-state index in [-0.39, 0.29) is 11.8 Å². The summed E-state index contributed by atoms with van der Waals surface area (Å²) in [6.45, 7) is 5.59. The molecular weight excluding hydrogens is 312 g/mol. The van der Waals surface area contributed by atoms with Crippen LogP contribution in [0.3, 0.4) is 0 Å². The van der Waals surface area contributed by atoms with Gasteiger partial charge >= 0.3 is 0 Å². The van der Waals surface area contributed by atoms with Crippen LogP contribution in [-0.2, 0) is 4.79 Å². The predicted octanol–water partition coefficient (Wildman–Crippen LogP) is 2.96. The molecular formula is C20H32N4O. The number of anilines is 1. The van der Waals surface area contributed by atoms with Gasteiger partial charge < -0.3 is 15.5 Å². The Morgan fingerprint density at radius 3 is 2.64 bits per heavy atom. The average Bonchev–Trinajstić information content (AvgIpc) is 2.66. The van der Waals surface area contributed by atoms with Crippen LogP contribution >= 0.6 is 0 Å². The molecule has 2 fully saturated rings. The molecule has 0 unspecified atom stereocenters. The number of hydrogen-bond donors (Lipinski definition) is 2. The third kappa shape index (κ3) is 5.43. The van der Waals surface area contributed by atoms with Crippen molar-refractivity contribution in [1.29, 1.82) is 0 Å². The molecule has 0 aromatic carbocycles. The summed E-state index contributed by atoms with van der Waals surface area (Å²) in [4.78, 5) is 19.3. The summed E-state index contributed by atoms with van der Waals surface area (Å²) in [7, 11) is 0. The minimum absolute atomic E-state index is 0.192. The number of amides is 1. The molecule has 138 valence electrons. The molecule has 1 saturated carbocycles. The van der Waals surface area contributed by atoms with Crippen LogP contribution in [0.1, 0.15) is 50.5 Å². The molecule has 2 heterocycles. The minimum atomic E-state index is 0.192. The zero-order chi connectivity index (χ0) is 17.5. The van der Waals surface area contributed by atoms with Crippen molar-refractivity contribution in [2.45, 2.75) is 57.9 Å². The third-order valence-corrected chi connectivity index (χ3v) is 5.64. The molecule has 0 atom stereocenters. The molecule has 1 aliphatic heterocycles. The maximum atomic E-state index is 12.4. The van der Waals surface area contributed by atoms with Crippen molar-refractivity contribution >= 4 is 11.7 Å². The van der Waals surface area contributed by atoms with Gasteiger partial charge in [-0.05, 0) is 63.4 Å². The first-order valence-corrected chi connectivity index (χ1v) is 9.90. The van der Waals surface area contributed by atoms with E-state index in [4.69, 9.17) is 0 Å². The van der Waals surface area contributed by atoms with Crippen LogP contribution in [0.15, 0.2) is 18.3 Å². The lowest BCUT2D eigenvalue weighted by atomic mass is 9.90. The molecule has 5 heteroatoms. The lowest BCUT2D eigenvalue weighted by Crippen LogP contribution is -2.45. The van der Waals surface area contributed by atoms with Crippen molar-refractivity contribution in [3.8, 4) is 0 Å². The number of aryl methyl sites for hydroxylation is 1. The quantitative estimate of drug-likeness (QED) is 0.779. The summed E-state index contributed by atoms with van der Waals surface area (Å²) in [6, 6.07) is 4.78. The molecule has 5 nitrogen and oxygen atoms in total. The van der Waals surface area contributed by atoms with E-state index in [1.807, 2.05) is 19.1 Å². The Hall–Kier alpha value is -1.62. The molecule has 1 aliphatic carbocycles. The zero-order valence-corrected chi connectivity index (χ0v) is 15.5. The minimum Gasteiger partial charge on any atom is -0.368 e. The van der Waals surface area contributed by atoms with E-state index in [9.17, 15) is 4.79 Å². The Morgan fingerprint density at radius 2 is 1.92 bits per heavy atom. The molecule has 1 aromatic heterocycles. The molecule has 2 aliphatic rings. The Morgan fingerprint density at radius 1 is 1.16 bits per heavy atom. The van der Waals surface area contributed by atoms with Crippen molar-refractivity contribution in [2.75, 3.05) is 31.5 Å². The highest BCUT2D eigenvalue weighted by atomic mass is 16.1. The van der Waals surface area contributed by atoms with Crippen molar-refractivity contribution in [3.05, 3.63) is 23.9 Å². The number of nitrogens with zero attached hydrogens (tertiary/aromatic N) is 2. The zero-order valence-electron chi connectivity index (χ0n) is 15.5. The fourth-order valence-corrected chi connectivity index (χ4v) is 4.13. The van der Waals surface area contributed by atoms with Gasteiger partial charge in [-0.15, -0.1) is 0 Å². The summed E-state index contributed by atoms with van der Waals surface area (Å²) in [6.07, 6.45) is 10.7. The van der Waals surface area contributed by atoms with Crippen LogP contribution in [0.25, 0.3) is 0 Å². The first-order valence-electron chi connectivity index (χ1n) is 9.90. The van der Waals surface area contributed by atoms with Gasteiger partial charge in [-0.1, -0.05) is 19.3 Å². The summed E-state index contributed by atoms with van der Waals surface area (Å²) in [5.41, 5.74) is 1.19. The summed E-state index contributed by atoms with van der Waals surface area (Å²) in [5.74, 6) is 1.29. The fourth-order valence-electron chi connectivity index (χ4n) is 4.13. The number of piperidine rings is 1. The number of carbonyl (C=O) groups excluding carboxylic acids is 1. The van der Waals surface area contributed by atoms with Crippen molar-refractivity contribution in [3.63, 3.8) is 0 Å². The van der Waals surface area contributed by atoms with E-state index in [1.54, 1.807) is 6.20 Å². The number of aromatic nitrogens is 1. The van der Waals surface area contributed by atoms with Crippen LogP contribution in [0, 0.1) is 12.8 Å². The van der Waals surface area contributed by atoms with Crippen LogP contribution in [0.2, 0.25) is 0 Å². The second kappa shape index (κ2) is 9.18. The molecule has 0 spiro atoms. The van der Waals surface area contributed by atoms with E-state index in [2.05, 4.69) is 20.5 Å². The first-order chi connectivity index (χ1) is 12.2. The first kappa shape index (κ1) is 18.2. The Kier molecular flexibility index (Phi) is 6.68. The van der Waals surface area contributed by atoms with Gasteiger partial charge in [-0.2, -0.15) is 0 Å². The van der Waals surface area contributed by atoms with Crippen LogP contribution in [0.5, 0.6) is 0 Å². The van der Waals surface area contributed by atoms with Gasteiger partial charge in [-0.3, -0.25) is 4.79 Å². The number of hydrogen-bond acceptors (Lipinski definition) is 4. The second-order valence-corrected chi connectivity index (χ2v) is 7.54. The molecule has 2 N–H and O–H groups in total. The van der Waals surface area contributed by atoms with E-state index < -0.39 is 0 Å². The molecule has 0 radical (unpaired) electrons. The predicted molar refractivity (Wildman–Crippen MR) is 102 cm³/mol. The van der Waals surface area contributed by atoms with E-state index in [0.717, 1.165) is 37.8 Å². The molecule has 0 bridgehead atoms. The molecule has 25 heavy (non-hydrogen) atoms. The topological polar surface area (TPSA) is 57.3 Å².